The molecule has 2 aliphatic heterocycles. The fourth-order valence-corrected chi connectivity index (χ4v) is 7.67. The van der Waals surface area contributed by atoms with Gasteiger partial charge in [0.05, 0.1) is 12.0 Å². The van der Waals surface area contributed by atoms with E-state index in [4.69, 9.17) is 9.47 Å². The molecule has 208 valence electrons. The van der Waals surface area contributed by atoms with Gasteiger partial charge in [-0.05, 0) is 93.5 Å². The Kier molecular flexibility index (Phi) is 9.68. The number of nitrogens with one attached hydrogen (secondary N) is 2. The minimum absolute atomic E-state index is 0.241. The van der Waals surface area contributed by atoms with Crippen LogP contribution in [0.15, 0.2) is 41.3 Å². The van der Waals surface area contributed by atoms with Crippen molar-refractivity contribution < 1.29 is 22.7 Å². The van der Waals surface area contributed by atoms with Crippen molar-refractivity contribution in [3.8, 4) is 5.75 Å². The van der Waals surface area contributed by atoms with E-state index >= 15 is 0 Å². The second kappa shape index (κ2) is 13.0. The molecule has 1 amide bonds. The quantitative estimate of drug-likeness (QED) is 0.470. The smallest absolute Gasteiger partial charge is 0.246 e. The number of piperidine rings is 2. The van der Waals surface area contributed by atoms with Crippen molar-refractivity contribution in [3.63, 3.8) is 0 Å². The number of nitrogens with zero attached hydrogens (tertiary/aromatic N) is 1. The summed E-state index contributed by atoms with van der Waals surface area (Å²) < 4.78 is 39.0. The predicted molar refractivity (Wildman–Crippen MR) is 149 cm³/mol. The summed E-state index contributed by atoms with van der Waals surface area (Å²) in [5.74, 6) is 0.264. The van der Waals surface area contributed by atoms with Crippen LogP contribution in [0.1, 0.15) is 55.2 Å². The van der Waals surface area contributed by atoms with Crippen LogP contribution in [0.25, 0.3) is 0 Å². The predicted octanol–water partition coefficient (Wildman–Crippen LogP) is 3.88. The van der Waals surface area contributed by atoms with Gasteiger partial charge in [-0.3, -0.25) is 4.79 Å². The molecular weight excluding hydrogens is 502 g/mol. The maximum atomic E-state index is 13.9. The standard InChI is InChI=1S/C29H41N3O5S/c1-21-17-25(36-3)18-22(2)28(21)38(34,35)29(26-9-5-6-14-30-26)37-20-27(33)31-19-23-10-12-24(13-11-23)32-15-7-4-8-16-32/h10-13,17-18,26,29-30H,4-9,14-16,19-20H2,1-3H3,(H,31,33). The van der Waals surface area contributed by atoms with Gasteiger partial charge in [-0.1, -0.05) is 18.6 Å². The van der Waals surface area contributed by atoms with Crippen LogP contribution in [0, 0.1) is 13.8 Å². The molecule has 2 N–H and O–H groups in total. The van der Waals surface area contributed by atoms with Crippen LogP contribution in [0.3, 0.4) is 0 Å². The number of methoxy groups -OCH3 is 1. The van der Waals surface area contributed by atoms with Gasteiger partial charge in [-0.15, -0.1) is 0 Å². The number of carbonyl (C=O) groups is 1. The summed E-state index contributed by atoms with van der Waals surface area (Å²) in [6, 6.07) is 11.3. The van der Waals surface area contributed by atoms with Crippen LogP contribution in [0.5, 0.6) is 5.75 Å². The molecule has 2 unspecified atom stereocenters. The molecule has 0 radical (unpaired) electrons. The minimum Gasteiger partial charge on any atom is -0.497 e. The first-order valence-corrected chi connectivity index (χ1v) is 15.2. The highest BCUT2D eigenvalue weighted by atomic mass is 32.2. The second-order valence-electron chi connectivity index (χ2n) is 10.4. The van der Waals surface area contributed by atoms with Crippen molar-refractivity contribution in [2.45, 2.75) is 75.3 Å². The number of hydrogen-bond donors (Lipinski definition) is 2. The fraction of sp³-hybridized carbons (Fsp3) is 0.552. The Labute approximate surface area is 227 Å². The number of ether oxygens (including phenoxy) is 2. The Balaban J connectivity index is 1.41. The van der Waals surface area contributed by atoms with Crippen LogP contribution < -0.4 is 20.3 Å². The second-order valence-corrected chi connectivity index (χ2v) is 12.3. The van der Waals surface area contributed by atoms with Crippen LogP contribution in [0.4, 0.5) is 5.69 Å². The molecule has 8 nitrogen and oxygen atoms in total. The molecule has 9 heteroatoms. The molecule has 2 aliphatic rings. The molecule has 0 saturated carbocycles. The summed E-state index contributed by atoms with van der Waals surface area (Å²) in [5, 5.41) is 6.18. The van der Waals surface area contributed by atoms with Gasteiger partial charge < -0.3 is 25.0 Å². The summed E-state index contributed by atoms with van der Waals surface area (Å²) in [4.78, 5) is 15.4. The molecule has 2 saturated heterocycles. The van der Waals surface area contributed by atoms with Crippen molar-refractivity contribution >= 4 is 21.4 Å². The van der Waals surface area contributed by atoms with Gasteiger partial charge in [0.2, 0.25) is 15.7 Å². The Morgan fingerprint density at radius 1 is 1.05 bits per heavy atom. The highest BCUT2D eigenvalue weighted by molar-refractivity contribution is 7.92. The maximum absolute atomic E-state index is 13.9. The van der Waals surface area contributed by atoms with Crippen molar-refractivity contribution in [2.24, 2.45) is 0 Å². The first-order chi connectivity index (χ1) is 18.3. The normalized spacial score (nSPS) is 19.1. The van der Waals surface area contributed by atoms with Crippen molar-refractivity contribution in [2.75, 3.05) is 38.3 Å². The molecule has 2 fully saturated rings. The number of benzene rings is 2. The van der Waals surface area contributed by atoms with E-state index in [0.29, 0.717) is 29.8 Å². The summed E-state index contributed by atoms with van der Waals surface area (Å²) in [6.07, 6.45) is 6.31. The zero-order valence-corrected chi connectivity index (χ0v) is 23.6. The SMILES string of the molecule is COc1cc(C)c(S(=O)(=O)C(OCC(=O)NCc2ccc(N3CCCCC3)cc2)C2CCCCN2)c(C)c1. The molecule has 0 bridgehead atoms. The van der Waals surface area contributed by atoms with Crippen LogP contribution in [0.2, 0.25) is 0 Å². The van der Waals surface area contributed by atoms with E-state index in [1.54, 1.807) is 33.1 Å². The van der Waals surface area contributed by atoms with E-state index in [1.165, 1.54) is 24.9 Å². The van der Waals surface area contributed by atoms with Crippen molar-refractivity contribution in [1.82, 2.24) is 10.6 Å². The average molecular weight is 544 g/mol. The van der Waals surface area contributed by atoms with Gasteiger partial charge in [0, 0.05) is 31.4 Å². The highest BCUT2D eigenvalue weighted by Crippen LogP contribution is 2.31. The zero-order valence-electron chi connectivity index (χ0n) is 22.8. The fourth-order valence-electron chi connectivity index (χ4n) is 5.51. The zero-order chi connectivity index (χ0) is 27.1. The van der Waals surface area contributed by atoms with E-state index in [0.717, 1.165) is 38.0 Å². The molecule has 0 aromatic heterocycles. The number of hydrogen-bond acceptors (Lipinski definition) is 7. The number of anilines is 1. The highest BCUT2D eigenvalue weighted by Gasteiger charge is 2.38. The summed E-state index contributed by atoms with van der Waals surface area (Å²) in [7, 11) is -2.33. The van der Waals surface area contributed by atoms with E-state index in [1.807, 2.05) is 12.1 Å². The Morgan fingerprint density at radius 3 is 2.34 bits per heavy atom. The van der Waals surface area contributed by atoms with Crippen LogP contribution in [-0.2, 0) is 25.9 Å². The summed E-state index contributed by atoms with van der Waals surface area (Å²) >= 11 is 0. The Hall–Kier alpha value is -2.62. The van der Waals surface area contributed by atoms with Gasteiger partial charge in [0.1, 0.15) is 12.4 Å². The van der Waals surface area contributed by atoms with E-state index in [2.05, 4.69) is 27.7 Å². The maximum Gasteiger partial charge on any atom is 0.246 e. The molecule has 2 heterocycles. The lowest BCUT2D eigenvalue weighted by Gasteiger charge is -2.31. The van der Waals surface area contributed by atoms with E-state index < -0.39 is 15.3 Å². The number of amides is 1. The Morgan fingerprint density at radius 2 is 1.74 bits per heavy atom. The number of rotatable bonds is 10. The first kappa shape index (κ1) is 28.4. The minimum atomic E-state index is -3.89. The van der Waals surface area contributed by atoms with Gasteiger partial charge in [-0.25, -0.2) is 8.42 Å². The molecule has 38 heavy (non-hydrogen) atoms. The van der Waals surface area contributed by atoms with Crippen LogP contribution in [-0.4, -0.2) is 59.2 Å². The molecule has 4 rings (SSSR count). The molecular formula is C29H41N3O5S. The van der Waals surface area contributed by atoms with E-state index in [9.17, 15) is 13.2 Å². The third-order valence-corrected chi connectivity index (χ3v) is 9.75. The molecule has 0 spiro atoms. The van der Waals surface area contributed by atoms with Gasteiger partial charge >= 0.3 is 0 Å². The lowest BCUT2D eigenvalue weighted by Crippen LogP contribution is -2.49. The number of aryl methyl sites for hydroxylation is 2. The largest absolute Gasteiger partial charge is 0.497 e. The Bertz CT molecular complexity index is 1160. The molecule has 0 aliphatic carbocycles. The molecule has 2 atom stereocenters. The van der Waals surface area contributed by atoms with Crippen molar-refractivity contribution in [3.05, 3.63) is 53.1 Å². The monoisotopic (exact) mass is 543 g/mol. The third kappa shape index (κ3) is 6.87. The van der Waals surface area contributed by atoms with Gasteiger partial charge in [0.15, 0.2) is 5.44 Å². The average Bonchev–Trinajstić information content (AvgIpc) is 2.92. The molecule has 2 aromatic rings. The third-order valence-electron chi connectivity index (χ3n) is 7.46. The summed E-state index contributed by atoms with van der Waals surface area (Å²) in [6.45, 7) is 6.45. The number of sulfone groups is 1. The van der Waals surface area contributed by atoms with Gasteiger partial charge in [0.25, 0.3) is 0 Å². The lowest BCUT2D eigenvalue weighted by molar-refractivity contribution is -0.126. The first-order valence-electron chi connectivity index (χ1n) is 13.6. The van der Waals surface area contributed by atoms with E-state index in [-0.39, 0.29) is 23.5 Å². The topological polar surface area (TPSA) is 97.0 Å². The molecule has 2 aromatic carbocycles. The lowest BCUT2D eigenvalue weighted by atomic mass is 10.1. The van der Waals surface area contributed by atoms with Gasteiger partial charge in [-0.2, -0.15) is 0 Å². The van der Waals surface area contributed by atoms with Crippen molar-refractivity contribution in [1.29, 1.82) is 0 Å². The van der Waals surface area contributed by atoms with Crippen LogP contribution >= 0.6 is 0 Å². The summed E-state index contributed by atoms with van der Waals surface area (Å²) in [5.41, 5.74) is 2.23. The number of carbonyl (C=O) groups excluding carboxylic acids is 1.